The van der Waals surface area contributed by atoms with Gasteiger partial charge in [-0.25, -0.2) is 0 Å². The van der Waals surface area contributed by atoms with Gasteiger partial charge in [0, 0.05) is 38.5 Å². The Bertz CT molecular complexity index is 867. The summed E-state index contributed by atoms with van der Waals surface area (Å²) in [6.45, 7) is 6.31. The zero-order chi connectivity index (χ0) is 20.8. The van der Waals surface area contributed by atoms with Crippen LogP contribution in [0.25, 0.3) is 0 Å². The third kappa shape index (κ3) is 5.14. The van der Waals surface area contributed by atoms with Gasteiger partial charge in [0.25, 0.3) is 0 Å². The molecule has 2 aliphatic rings. The predicted molar refractivity (Wildman–Crippen MR) is 118 cm³/mol. The zero-order valence-electron chi connectivity index (χ0n) is 17.9. The van der Waals surface area contributed by atoms with E-state index >= 15 is 0 Å². The van der Waals surface area contributed by atoms with Crippen LogP contribution in [0.5, 0.6) is 11.5 Å². The highest BCUT2D eigenvalue weighted by molar-refractivity contribution is 5.76. The first-order chi connectivity index (χ1) is 14.7. The monoisotopic (exact) mass is 408 g/mol. The maximum absolute atomic E-state index is 12.5. The summed E-state index contributed by atoms with van der Waals surface area (Å²) in [6, 6.07) is 15.1. The van der Waals surface area contributed by atoms with Gasteiger partial charge in [-0.05, 0) is 48.1 Å². The topological polar surface area (TPSA) is 50.8 Å². The van der Waals surface area contributed by atoms with E-state index in [2.05, 4.69) is 41.4 Å². The fourth-order valence-electron chi connectivity index (χ4n) is 4.30. The minimum atomic E-state index is 0.109. The summed E-state index contributed by atoms with van der Waals surface area (Å²) in [4.78, 5) is 15.0. The largest absolute Gasteiger partial charge is 0.490 e. The number of carbonyl (C=O) groups is 1. The minimum absolute atomic E-state index is 0.109. The van der Waals surface area contributed by atoms with E-state index in [1.807, 2.05) is 18.2 Å². The molecule has 2 heterocycles. The van der Waals surface area contributed by atoms with Gasteiger partial charge in [-0.1, -0.05) is 37.3 Å². The van der Waals surface area contributed by atoms with Crippen LogP contribution in [0, 0.1) is 0 Å². The van der Waals surface area contributed by atoms with Crippen LogP contribution in [0.15, 0.2) is 42.5 Å². The Morgan fingerprint density at radius 1 is 1.10 bits per heavy atom. The lowest BCUT2D eigenvalue weighted by Crippen LogP contribution is -2.45. The predicted octanol–water partition coefficient (Wildman–Crippen LogP) is 3.73. The zero-order valence-corrected chi connectivity index (χ0v) is 17.9. The second kappa shape index (κ2) is 9.98. The molecule has 1 N–H and O–H groups in total. The molecule has 2 aliphatic heterocycles. The van der Waals surface area contributed by atoms with Gasteiger partial charge in [0.05, 0.1) is 13.2 Å². The molecule has 2 aromatic rings. The summed E-state index contributed by atoms with van der Waals surface area (Å²) in [5.41, 5.74) is 3.99. The number of hydrogen-bond donors (Lipinski definition) is 1. The molecular formula is C25H32N2O3. The Kier molecular flexibility index (Phi) is 6.90. The number of amides is 1. The highest BCUT2D eigenvalue weighted by Crippen LogP contribution is 2.30. The normalized spacial score (nSPS) is 17.0. The van der Waals surface area contributed by atoms with Gasteiger partial charge in [-0.15, -0.1) is 0 Å². The van der Waals surface area contributed by atoms with Crippen LogP contribution in [-0.2, 0) is 24.2 Å². The number of ether oxygens (including phenoxy) is 2. The first-order valence-corrected chi connectivity index (χ1v) is 11.2. The molecule has 1 amide bonds. The SMILES string of the molecule is CCC(CNC(=O)CCc1ccc2c(c1)OCCCO2)N1CCc2ccccc2C1. The van der Waals surface area contributed by atoms with Gasteiger partial charge in [0.2, 0.25) is 5.91 Å². The van der Waals surface area contributed by atoms with Crippen molar-refractivity contribution in [2.75, 3.05) is 26.3 Å². The van der Waals surface area contributed by atoms with Gasteiger partial charge >= 0.3 is 0 Å². The molecule has 160 valence electrons. The molecule has 1 atom stereocenters. The molecule has 5 heteroatoms. The Hall–Kier alpha value is -2.53. The molecule has 30 heavy (non-hydrogen) atoms. The third-order valence-corrected chi connectivity index (χ3v) is 6.14. The van der Waals surface area contributed by atoms with E-state index in [1.165, 1.54) is 11.1 Å². The summed E-state index contributed by atoms with van der Waals surface area (Å²) in [7, 11) is 0. The molecule has 0 saturated carbocycles. The first-order valence-electron chi connectivity index (χ1n) is 11.2. The number of nitrogens with zero attached hydrogens (tertiary/aromatic N) is 1. The average molecular weight is 409 g/mol. The lowest BCUT2D eigenvalue weighted by Gasteiger charge is -2.35. The molecule has 0 fully saturated rings. The summed E-state index contributed by atoms with van der Waals surface area (Å²) < 4.78 is 11.4. The van der Waals surface area contributed by atoms with E-state index in [9.17, 15) is 4.79 Å². The smallest absolute Gasteiger partial charge is 0.220 e. The average Bonchev–Trinajstić information content (AvgIpc) is 3.03. The van der Waals surface area contributed by atoms with Crippen molar-refractivity contribution in [3.63, 3.8) is 0 Å². The van der Waals surface area contributed by atoms with Crippen LogP contribution in [0.4, 0.5) is 0 Å². The van der Waals surface area contributed by atoms with Gasteiger partial charge < -0.3 is 14.8 Å². The number of benzene rings is 2. The second-order valence-electron chi connectivity index (χ2n) is 8.19. The molecular weight excluding hydrogens is 376 g/mol. The Morgan fingerprint density at radius 3 is 2.73 bits per heavy atom. The van der Waals surface area contributed by atoms with E-state index in [4.69, 9.17) is 9.47 Å². The van der Waals surface area contributed by atoms with Gasteiger partial charge in [-0.2, -0.15) is 0 Å². The lowest BCUT2D eigenvalue weighted by atomic mass is 9.98. The quantitative estimate of drug-likeness (QED) is 0.758. The van der Waals surface area contributed by atoms with Crippen molar-refractivity contribution in [1.29, 1.82) is 0 Å². The number of aryl methyl sites for hydroxylation is 1. The molecule has 2 aromatic carbocycles. The van der Waals surface area contributed by atoms with Crippen LogP contribution < -0.4 is 14.8 Å². The Balaban J connectivity index is 1.25. The van der Waals surface area contributed by atoms with E-state index in [1.54, 1.807) is 0 Å². The molecule has 1 unspecified atom stereocenters. The molecule has 0 aliphatic carbocycles. The fourth-order valence-corrected chi connectivity index (χ4v) is 4.30. The molecule has 0 spiro atoms. The first kappa shape index (κ1) is 20.7. The number of fused-ring (bicyclic) bond motifs is 2. The van der Waals surface area contributed by atoms with E-state index < -0.39 is 0 Å². The van der Waals surface area contributed by atoms with Crippen LogP contribution in [0.1, 0.15) is 42.9 Å². The van der Waals surface area contributed by atoms with Crippen LogP contribution in [-0.4, -0.2) is 43.2 Å². The maximum Gasteiger partial charge on any atom is 0.220 e. The van der Waals surface area contributed by atoms with Crippen molar-refractivity contribution in [2.24, 2.45) is 0 Å². The van der Waals surface area contributed by atoms with Crippen molar-refractivity contribution in [3.05, 3.63) is 59.2 Å². The number of hydrogen-bond acceptors (Lipinski definition) is 4. The van der Waals surface area contributed by atoms with Gasteiger partial charge in [0.15, 0.2) is 11.5 Å². The van der Waals surface area contributed by atoms with Gasteiger partial charge in [-0.3, -0.25) is 9.69 Å². The standard InChI is InChI=1S/C25H32N2O3/c1-2-22(27-13-12-20-6-3-4-7-21(20)18-27)17-26-25(28)11-9-19-8-10-23-24(16-19)30-15-5-14-29-23/h3-4,6-8,10,16,22H,2,5,9,11-15,17-18H2,1H3,(H,26,28). The summed E-state index contributed by atoms with van der Waals surface area (Å²) in [6.07, 6.45) is 4.21. The molecule has 0 aromatic heterocycles. The number of nitrogens with one attached hydrogen (secondary N) is 1. The van der Waals surface area contributed by atoms with Crippen LogP contribution in [0.3, 0.4) is 0 Å². The summed E-state index contributed by atoms with van der Waals surface area (Å²) in [5.74, 6) is 1.70. The highest BCUT2D eigenvalue weighted by Gasteiger charge is 2.22. The molecule has 0 bridgehead atoms. The molecule has 0 saturated heterocycles. The van der Waals surface area contributed by atoms with Crippen molar-refractivity contribution in [1.82, 2.24) is 10.2 Å². The Morgan fingerprint density at radius 2 is 1.90 bits per heavy atom. The molecule has 0 radical (unpaired) electrons. The minimum Gasteiger partial charge on any atom is -0.490 e. The van der Waals surface area contributed by atoms with E-state index in [0.717, 1.165) is 49.4 Å². The van der Waals surface area contributed by atoms with Crippen LogP contribution >= 0.6 is 0 Å². The summed E-state index contributed by atoms with van der Waals surface area (Å²) in [5, 5.41) is 3.16. The van der Waals surface area contributed by atoms with Crippen LogP contribution in [0.2, 0.25) is 0 Å². The summed E-state index contributed by atoms with van der Waals surface area (Å²) >= 11 is 0. The second-order valence-corrected chi connectivity index (χ2v) is 8.19. The number of carbonyl (C=O) groups excluding carboxylic acids is 1. The van der Waals surface area contributed by atoms with Crippen molar-refractivity contribution < 1.29 is 14.3 Å². The van der Waals surface area contributed by atoms with E-state index in [0.29, 0.717) is 38.6 Å². The Labute approximate surface area is 179 Å². The molecule has 5 nitrogen and oxygen atoms in total. The highest BCUT2D eigenvalue weighted by atomic mass is 16.5. The third-order valence-electron chi connectivity index (χ3n) is 6.14. The fraction of sp³-hybridized carbons (Fsp3) is 0.480. The lowest BCUT2D eigenvalue weighted by molar-refractivity contribution is -0.121. The van der Waals surface area contributed by atoms with Gasteiger partial charge in [0.1, 0.15) is 0 Å². The van der Waals surface area contributed by atoms with Crippen molar-refractivity contribution in [2.45, 2.75) is 51.6 Å². The van der Waals surface area contributed by atoms with E-state index in [-0.39, 0.29) is 5.91 Å². The van der Waals surface area contributed by atoms with Crippen molar-refractivity contribution in [3.8, 4) is 11.5 Å². The number of rotatable bonds is 7. The maximum atomic E-state index is 12.5. The van der Waals surface area contributed by atoms with Crippen molar-refractivity contribution >= 4 is 5.91 Å². The molecule has 4 rings (SSSR count).